The first-order valence-electron chi connectivity index (χ1n) is 13.1. The lowest BCUT2D eigenvalue weighted by molar-refractivity contribution is -0.131. The lowest BCUT2D eigenvalue weighted by Gasteiger charge is -2.53. The topological polar surface area (TPSA) is 113 Å². The molecule has 0 radical (unpaired) electrons. The SMILES string of the molecule is C[C@H](N)C(=O)N[C@@H](C)C(=O)N[C@@H](C)C(=O)NCC(C)(C)S(c1ccccc1)(c1ccccc1)c1ccccc1. The van der Waals surface area contributed by atoms with E-state index in [4.69, 9.17) is 5.73 Å². The van der Waals surface area contributed by atoms with Crippen molar-refractivity contribution in [2.24, 2.45) is 5.73 Å². The zero-order valence-corrected chi connectivity index (χ0v) is 24.1. The van der Waals surface area contributed by atoms with Gasteiger partial charge in [-0.05, 0) is 85.7 Å². The molecule has 0 heterocycles. The van der Waals surface area contributed by atoms with Gasteiger partial charge in [-0.25, -0.2) is 0 Å². The van der Waals surface area contributed by atoms with Crippen LogP contribution >= 0.6 is 10.0 Å². The molecule has 0 unspecified atom stereocenters. The van der Waals surface area contributed by atoms with Crippen LogP contribution in [0.3, 0.4) is 0 Å². The summed E-state index contributed by atoms with van der Waals surface area (Å²) >= 11 is 0. The quantitative estimate of drug-likeness (QED) is 0.287. The summed E-state index contributed by atoms with van der Waals surface area (Å²) in [5.41, 5.74) is 5.57. The number of carbonyl (C=O) groups is 3. The molecule has 3 atom stereocenters. The number of nitrogens with one attached hydrogen (secondary N) is 3. The Bertz CT molecular complexity index is 1150. The van der Waals surface area contributed by atoms with E-state index >= 15 is 0 Å². The first-order chi connectivity index (χ1) is 18.5. The summed E-state index contributed by atoms with van der Waals surface area (Å²) in [6.45, 7) is 9.47. The van der Waals surface area contributed by atoms with Gasteiger partial charge in [0.25, 0.3) is 0 Å². The molecule has 0 aliphatic rings. The highest BCUT2D eigenvalue weighted by atomic mass is 32.3. The normalized spacial score (nSPS) is 14.4. The van der Waals surface area contributed by atoms with Gasteiger partial charge in [0, 0.05) is 11.3 Å². The minimum atomic E-state index is -1.85. The van der Waals surface area contributed by atoms with Crippen molar-refractivity contribution in [3.63, 3.8) is 0 Å². The summed E-state index contributed by atoms with van der Waals surface area (Å²) in [5, 5.41) is 8.34. The molecule has 0 spiro atoms. The van der Waals surface area contributed by atoms with Crippen molar-refractivity contribution < 1.29 is 14.4 Å². The molecule has 0 saturated heterocycles. The average molecular weight is 549 g/mol. The van der Waals surface area contributed by atoms with Gasteiger partial charge in [-0.1, -0.05) is 54.6 Å². The fourth-order valence-corrected chi connectivity index (χ4v) is 9.33. The zero-order valence-electron chi connectivity index (χ0n) is 23.3. The highest BCUT2D eigenvalue weighted by Crippen LogP contribution is 2.75. The van der Waals surface area contributed by atoms with Gasteiger partial charge in [0.1, 0.15) is 12.1 Å². The number of hydrogen-bond acceptors (Lipinski definition) is 4. The van der Waals surface area contributed by atoms with E-state index in [1.165, 1.54) is 14.7 Å². The molecule has 3 amide bonds. The maximum absolute atomic E-state index is 13.2. The van der Waals surface area contributed by atoms with Crippen LogP contribution in [0.5, 0.6) is 0 Å². The molecular weight excluding hydrogens is 508 g/mol. The Morgan fingerprint density at radius 1 is 0.667 bits per heavy atom. The molecule has 3 rings (SSSR count). The van der Waals surface area contributed by atoms with Gasteiger partial charge < -0.3 is 21.7 Å². The third-order valence-electron chi connectivity index (χ3n) is 6.73. The van der Waals surface area contributed by atoms with E-state index in [-0.39, 0.29) is 5.91 Å². The summed E-state index contributed by atoms with van der Waals surface area (Å²) in [4.78, 5) is 41.2. The smallest absolute Gasteiger partial charge is 0.242 e. The standard InChI is InChI=1S/C31H40N4O3S/c1-22(32)28(36)34-24(3)30(38)35-23(2)29(37)33-21-31(4,5)39(25-15-9-6-10-16-25,26-17-11-7-12-18-26)27-19-13-8-14-20-27/h6-20,22-24H,21,32H2,1-5H3,(H,33,37)(H,34,36)(H,35,38)/t22-,23-,24-/m0/s1. The van der Waals surface area contributed by atoms with E-state index in [2.05, 4.69) is 103 Å². The van der Waals surface area contributed by atoms with Crippen molar-refractivity contribution in [1.82, 2.24) is 16.0 Å². The Labute approximate surface area is 233 Å². The second-order valence-electron chi connectivity index (χ2n) is 10.3. The molecule has 5 N–H and O–H groups in total. The van der Waals surface area contributed by atoms with Gasteiger partial charge in [-0.15, -0.1) is 0 Å². The number of benzene rings is 3. The first kappa shape index (κ1) is 29.9. The molecule has 3 aromatic carbocycles. The van der Waals surface area contributed by atoms with E-state index in [0.29, 0.717) is 6.54 Å². The second kappa shape index (κ2) is 13.0. The summed E-state index contributed by atoms with van der Waals surface area (Å²) in [7, 11) is -1.85. The lowest BCUT2D eigenvalue weighted by Crippen LogP contribution is -2.54. The van der Waals surface area contributed by atoms with E-state index < -0.39 is 44.7 Å². The van der Waals surface area contributed by atoms with Gasteiger partial charge in [-0.2, -0.15) is 10.0 Å². The number of amides is 3. The van der Waals surface area contributed by atoms with Crippen LogP contribution in [0.25, 0.3) is 0 Å². The Morgan fingerprint density at radius 3 is 1.41 bits per heavy atom. The second-order valence-corrected chi connectivity index (χ2v) is 14.0. The van der Waals surface area contributed by atoms with Crippen LogP contribution in [0.15, 0.2) is 106 Å². The van der Waals surface area contributed by atoms with Crippen LogP contribution in [-0.2, 0) is 14.4 Å². The minimum absolute atomic E-state index is 0.301. The monoisotopic (exact) mass is 548 g/mol. The fraction of sp³-hybridized carbons (Fsp3) is 0.323. The highest BCUT2D eigenvalue weighted by molar-refractivity contribution is 8.35. The summed E-state index contributed by atoms with van der Waals surface area (Å²) in [6, 6.07) is 29.0. The van der Waals surface area contributed by atoms with Crippen molar-refractivity contribution in [3.05, 3.63) is 91.0 Å². The van der Waals surface area contributed by atoms with Crippen LogP contribution < -0.4 is 21.7 Å². The van der Waals surface area contributed by atoms with Crippen LogP contribution in [0, 0.1) is 0 Å². The molecule has 0 aromatic heterocycles. The van der Waals surface area contributed by atoms with Crippen LogP contribution in [0.2, 0.25) is 0 Å². The summed E-state index contributed by atoms with van der Waals surface area (Å²) in [6.07, 6.45) is 0. The van der Waals surface area contributed by atoms with E-state index in [1.54, 1.807) is 20.8 Å². The third-order valence-corrected chi connectivity index (χ3v) is 11.5. The number of rotatable bonds is 11. The van der Waals surface area contributed by atoms with E-state index in [9.17, 15) is 14.4 Å². The molecule has 3 aromatic rings. The third kappa shape index (κ3) is 6.69. The minimum Gasteiger partial charge on any atom is -0.353 e. The molecule has 39 heavy (non-hydrogen) atoms. The Morgan fingerprint density at radius 2 is 1.03 bits per heavy atom. The van der Waals surface area contributed by atoms with Crippen molar-refractivity contribution in [2.45, 2.75) is 72.2 Å². The predicted molar refractivity (Wildman–Crippen MR) is 158 cm³/mol. The van der Waals surface area contributed by atoms with Crippen molar-refractivity contribution >= 4 is 27.7 Å². The summed E-state index contributed by atoms with van der Waals surface area (Å²) < 4.78 is -0.422. The molecule has 0 saturated carbocycles. The number of carbonyl (C=O) groups excluding carboxylic acids is 3. The molecule has 7 nitrogen and oxygen atoms in total. The molecule has 0 bridgehead atoms. The number of nitrogens with two attached hydrogens (primary N) is 1. The number of hydrogen-bond donors (Lipinski definition) is 4. The predicted octanol–water partition coefficient (Wildman–Crippen LogP) is 4.22. The van der Waals surface area contributed by atoms with E-state index in [0.717, 1.165) is 0 Å². The van der Waals surface area contributed by atoms with Crippen LogP contribution in [-0.4, -0.2) is 47.1 Å². The molecule has 8 heteroatoms. The van der Waals surface area contributed by atoms with Gasteiger partial charge in [0.2, 0.25) is 17.7 Å². The van der Waals surface area contributed by atoms with Crippen molar-refractivity contribution in [2.75, 3.05) is 6.54 Å². The Balaban J connectivity index is 1.89. The molecule has 0 fully saturated rings. The van der Waals surface area contributed by atoms with Gasteiger partial charge in [-0.3, -0.25) is 14.4 Å². The molecule has 0 aliphatic heterocycles. The molecule has 208 valence electrons. The largest absolute Gasteiger partial charge is 0.353 e. The zero-order chi connectivity index (χ0) is 28.6. The first-order valence-corrected chi connectivity index (χ1v) is 14.8. The maximum atomic E-state index is 13.2. The van der Waals surface area contributed by atoms with Crippen molar-refractivity contribution in [1.29, 1.82) is 0 Å². The summed E-state index contributed by atoms with van der Waals surface area (Å²) in [5.74, 6) is -1.19. The molecule has 0 aliphatic carbocycles. The Hall–Kier alpha value is -3.62. The average Bonchev–Trinajstić information content (AvgIpc) is 2.93. The van der Waals surface area contributed by atoms with E-state index in [1.807, 2.05) is 18.2 Å². The van der Waals surface area contributed by atoms with Crippen LogP contribution in [0.1, 0.15) is 34.6 Å². The van der Waals surface area contributed by atoms with Crippen LogP contribution in [0.4, 0.5) is 0 Å². The lowest BCUT2D eigenvalue weighted by atomic mass is 10.2. The van der Waals surface area contributed by atoms with Gasteiger partial charge >= 0.3 is 0 Å². The molecular formula is C31H40N4O3S. The highest BCUT2D eigenvalue weighted by Gasteiger charge is 2.44. The van der Waals surface area contributed by atoms with Gasteiger partial charge in [0.05, 0.1) is 6.04 Å². The van der Waals surface area contributed by atoms with Gasteiger partial charge in [0.15, 0.2) is 0 Å². The Kier molecular flexibility index (Phi) is 9.94. The fourth-order valence-electron chi connectivity index (χ4n) is 4.61. The maximum Gasteiger partial charge on any atom is 0.242 e. The van der Waals surface area contributed by atoms with Crippen molar-refractivity contribution in [3.8, 4) is 0 Å².